The largest absolute Gasteiger partial charge is 0.495 e. The first-order chi connectivity index (χ1) is 19.3. The van der Waals surface area contributed by atoms with Crippen LogP contribution in [-0.2, 0) is 25.1 Å². The average molecular weight is 569 g/mol. The van der Waals surface area contributed by atoms with E-state index in [-0.39, 0.29) is 23.3 Å². The molecule has 9 nitrogen and oxygen atoms in total. The molecular weight excluding hydrogens is 532 g/mol. The van der Waals surface area contributed by atoms with Gasteiger partial charge < -0.3 is 28.7 Å². The fraction of sp³-hybridized carbons (Fsp3) is 0.367. The maximum Gasteiger partial charge on any atom is 0.254 e. The lowest BCUT2D eigenvalue weighted by Gasteiger charge is -2.36. The van der Waals surface area contributed by atoms with E-state index in [4.69, 9.17) is 18.9 Å². The Hall–Kier alpha value is -3.60. The third-order valence-electron chi connectivity index (χ3n) is 6.81. The second kappa shape index (κ2) is 13.6. The first kappa shape index (κ1) is 29.4. The summed E-state index contributed by atoms with van der Waals surface area (Å²) in [4.78, 5) is 17.6. The number of nitrogens with zero attached hydrogens (tertiary/aromatic N) is 2. The Labute approximate surface area is 236 Å². The number of aryl methyl sites for hydroxylation is 1. The molecule has 0 atom stereocenters. The van der Waals surface area contributed by atoms with Crippen molar-refractivity contribution in [2.45, 2.75) is 17.6 Å². The number of benzene rings is 3. The van der Waals surface area contributed by atoms with Gasteiger partial charge in [0.1, 0.15) is 11.5 Å². The number of sulfone groups is 1. The van der Waals surface area contributed by atoms with Crippen molar-refractivity contribution in [1.82, 2.24) is 4.90 Å². The highest BCUT2D eigenvalue weighted by Gasteiger charge is 2.26. The summed E-state index contributed by atoms with van der Waals surface area (Å²) in [5.74, 6) is 1.02. The molecule has 0 aliphatic carbocycles. The van der Waals surface area contributed by atoms with E-state index in [1.807, 2.05) is 31.2 Å². The van der Waals surface area contributed by atoms with E-state index >= 15 is 0 Å². The molecule has 0 aromatic heterocycles. The molecule has 10 heteroatoms. The van der Waals surface area contributed by atoms with Crippen molar-refractivity contribution in [3.05, 3.63) is 83.4 Å². The third kappa shape index (κ3) is 7.32. The van der Waals surface area contributed by atoms with Crippen molar-refractivity contribution in [2.24, 2.45) is 0 Å². The Kier molecular flexibility index (Phi) is 10.0. The van der Waals surface area contributed by atoms with Gasteiger partial charge in [0.15, 0.2) is 16.6 Å². The molecule has 0 N–H and O–H groups in total. The van der Waals surface area contributed by atoms with Crippen LogP contribution in [0, 0.1) is 6.92 Å². The number of hydrogen-bond acceptors (Lipinski definition) is 8. The van der Waals surface area contributed by atoms with Crippen LogP contribution in [0.3, 0.4) is 0 Å². The van der Waals surface area contributed by atoms with Crippen LogP contribution in [0.15, 0.2) is 71.6 Å². The molecular formula is C30H36N2O7S. The number of rotatable bonds is 12. The van der Waals surface area contributed by atoms with Gasteiger partial charge in [0, 0.05) is 38.9 Å². The van der Waals surface area contributed by atoms with Gasteiger partial charge in [-0.2, -0.15) is 0 Å². The summed E-state index contributed by atoms with van der Waals surface area (Å²) in [6.07, 6.45) is 0. The van der Waals surface area contributed by atoms with Crippen LogP contribution in [0.1, 0.15) is 21.5 Å². The lowest BCUT2D eigenvalue weighted by atomic mass is 10.1. The topological polar surface area (TPSA) is 94.6 Å². The number of hydrogen-bond donors (Lipinski definition) is 0. The van der Waals surface area contributed by atoms with Crippen molar-refractivity contribution < 1.29 is 32.2 Å². The summed E-state index contributed by atoms with van der Waals surface area (Å²) in [5, 5.41) is 0. The quantitative estimate of drug-likeness (QED) is 0.240. The maximum atomic E-state index is 13.5. The second-order valence-electron chi connectivity index (χ2n) is 9.49. The monoisotopic (exact) mass is 568 g/mol. The molecule has 3 aromatic rings. The van der Waals surface area contributed by atoms with E-state index in [9.17, 15) is 13.2 Å². The molecule has 1 fully saturated rings. The molecule has 0 bridgehead atoms. The molecule has 1 heterocycles. The minimum atomic E-state index is -3.68. The zero-order valence-corrected chi connectivity index (χ0v) is 24.0. The van der Waals surface area contributed by atoms with Gasteiger partial charge in [-0.15, -0.1) is 0 Å². The summed E-state index contributed by atoms with van der Waals surface area (Å²) in [6, 6.07) is 19.4. The highest BCUT2D eigenvalue weighted by molar-refractivity contribution is 7.90. The van der Waals surface area contributed by atoms with Gasteiger partial charge in [0.05, 0.1) is 36.7 Å². The molecule has 1 saturated heterocycles. The van der Waals surface area contributed by atoms with E-state index in [0.29, 0.717) is 56.3 Å². The number of piperazine rings is 1. The number of carbonyl (C=O) groups is 1. The molecule has 0 saturated carbocycles. The molecule has 1 aliphatic heterocycles. The van der Waals surface area contributed by atoms with Gasteiger partial charge in [-0.05, 0) is 54.4 Å². The zero-order valence-electron chi connectivity index (χ0n) is 23.2. The van der Waals surface area contributed by atoms with Crippen molar-refractivity contribution in [3.63, 3.8) is 0 Å². The molecule has 0 radical (unpaired) electrons. The van der Waals surface area contributed by atoms with Crippen LogP contribution in [0.2, 0.25) is 0 Å². The minimum Gasteiger partial charge on any atom is -0.495 e. The summed E-state index contributed by atoms with van der Waals surface area (Å²) >= 11 is 0. The Morgan fingerprint density at radius 2 is 1.62 bits per heavy atom. The van der Waals surface area contributed by atoms with Gasteiger partial charge in [0.2, 0.25) is 0 Å². The number of anilines is 1. The standard InChI is InChI=1S/C30H36N2O7S/c1-23-8-13-26(40(34,35)21-24-9-11-25(12-10-24)39-22-38-19-18-36-2)20-27(23)30(33)32-16-14-31(15-17-32)28-6-4-5-7-29(28)37-3/h4-13,20H,14-19,21-22H2,1-3H3. The average Bonchev–Trinajstić information content (AvgIpc) is 2.97. The first-order valence-electron chi connectivity index (χ1n) is 13.1. The number of methoxy groups -OCH3 is 2. The predicted molar refractivity (Wildman–Crippen MR) is 153 cm³/mol. The zero-order chi connectivity index (χ0) is 28.5. The molecule has 1 amide bonds. The summed E-state index contributed by atoms with van der Waals surface area (Å²) < 4.78 is 47.7. The molecule has 40 heavy (non-hydrogen) atoms. The minimum absolute atomic E-state index is 0.0800. The third-order valence-corrected chi connectivity index (χ3v) is 8.50. The van der Waals surface area contributed by atoms with Crippen LogP contribution in [0.5, 0.6) is 11.5 Å². The summed E-state index contributed by atoms with van der Waals surface area (Å²) in [5.41, 5.74) is 2.76. The number of ether oxygens (including phenoxy) is 4. The Morgan fingerprint density at radius 3 is 2.33 bits per heavy atom. The highest BCUT2D eigenvalue weighted by atomic mass is 32.2. The second-order valence-corrected chi connectivity index (χ2v) is 11.5. The summed E-state index contributed by atoms with van der Waals surface area (Å²) in [7, 11) is -0.439. The van der Waals surface area contributed by atoms with E-state index < -0.39 is 9.84 Å². The van der Waals surface area contributed by atoms with Gasteiger partial charge in [0.25, 0.3) is 5.91 Å². The van der Waals surface area contributed by atoms with E-state index in [1.165, 1.54) is 6.07 Å². The van der Waals surface area contributed by atoms with Crippen LogP contribution >= 0.6 is 0 Å². The lowest BCUT2D eigenvalue weighted by Crippen LogP contribution is -2.49. The van der Waals surface area contributed by atoms with Crippen molar-refractivity contribution >= 4 is 21.4 Å². The SMILES string of the molecule is COCCOCOc1ccc(CS(=O)(=O)c2ccc(C)c(C(=O)N3CCN(c4ccccc4OC)CC3)c2)cc1. The van der Waals surface area contributed by atoms with Crippen molar-refractivity contribution in [1.29, 1.82) is 0 Å². The molecule has 3 aromatic carbocycles. The Bertz CT molecular complexity index is 1390. The van der Waals surface area contributed by atoms with Crippen molar-refractivity contribution in [3.8, 4) is 11.5 Å². The van der Waals surface area contributed by atoms with E-state index in [0.717, 1.165) is 17.0 Å². The van der Waals surface area contributed by atoms with Crippen LogP contribution in [-0.4, -0.2) is 79.6 Å². The molecule has 0 unspecified atom stereocenters. The lowest BCUT2D eigenvalue weighted by molar-refractivity contribution is -0.00847. The number of carbonyl (C=O) groups excluding carboxylic acids is 1. The van der Waals surface area contributed by atoms with Crippen LogP contribution in [0.25, 0.3) is 0 Å². The predicted octanol–water partition coefficient (Wildman–Crippen LogP) is 3.94. The van der Waals surface area contributed by atoms with Crippen LogP contribution < -0.4 is 14.4 Å². The fourth-order valence-corrected chi connectivity index (χ4v) is 5.90. The van der Waals surface area contributed by atoms with Gasteiger partial charge >= 0.3 is 0 Å². The van der Waals surface area contributed by atoms with Gasteiger partial charge in [-0.1, -0.05) is 30.3 Å². The van der Waals surface area contributed by atoms with Gasteiger partial charge in [-0.25, -0.2) is 8.42 Å². The Morgan fingerprint density at radius 1 is 0.900 bits per heavy atom. The maximum absolute atomic E-state index is 13.5. The molecule has 1 aliphatic rings. The Balaban J connectivity index is 1.39. The van der Waals surface area contributed by atoms with Crippen LogP contribution in [0.4, 0.5) is 5.69 Å². The normalized spacial score (nSPS) is 13.8. The number of amides is 1. The molecule has 4 rings (SSSR count). The molecule has 214 valence electrons. The highest BCUT2D eigenvalue weighted by Crippen LogP contribution is 2.29. The smallest absolute Gasteiger partial charge is 0.254 e. The van der Waals surface area contributed by atoms with Crippen molar-refractivity contribution in [2.75, 3.05) is 65.3 Å². The molecule has 0 spiro atoms. The summed E-state index contributed by atoms with van der Waals surface area (Å²) in [6.45, 7) is 5.17. The fourth-order valence-electron chi connectivity index (χ4n) is 4.53. The van der Waals surface area contributed by atoms with E-state index in [2.05, 4.69) is 4.90 Å². The first-order valence-corrected chi connectivity index (χ1v) is 14.8. The number of para-hydroxylation sites is 2. The van der Waals surface area contributed by atoms with E-state index in [1.54, 1.807) is 55.5 Å². The van der Waals surface area contributed by atoms with Gasteiger partial charge in [-0.3, -0.25) is 4.79 Å².